The van der Waals surface area contributed by atoms with Gasteiger partial charge in [-0.25, -0.2) is 4.98 Å². The minimum Gasteiger partial charge on any atom is -0.501 e. The SMILES string of the molecule is O=C(NCCc1ccccc1)c1nc(-c2ccccn2)[nH]c(=O)c1O. The first-order chi connectivity index (χ1) is 12.1. The highest BCUT2D eigenvalue weighted by Gasteiger charge is 2.18. The van der Waals surface area contributed by atoms with Gasteiger partial charge in [-0.1, -0.05) is 36.4 Å². The van der Waals surface area contributed by atoms with Crippen LogP contribution in [0.1, 0.15) is 16.1 Å². The number of carbonyl (C=O) groups is 1. The van der Waals surface area contributed by atoms with E-state index in [4.69, 9.17) is 0 Å². The first kappa shape index (κ1) is 16.4. The second-order valence-electron chi connectivity index (χ2n) is 5.32. The van der Waals surface area contributed by atoms with E-state index in [2.05, 4.69) is 20.3 Å². The summed E-state index contributed by atoms with van der Waals surface area (Å²) in [6.45, 7) is 0.357. The lowest BCUT2D eigenvalue weighted by molar-refractivity contribution is 0.0946. The Morgan fingerprint density at radius 3 is 2.60 bits per heavy atom. The molecule has 0 spiro atoms. The molecule has 0 radical (unpaired) electrons. The summed E-state index contributed by atoms with van der Waals surface area (Å²) >= 11 is 0. The molecule has 2 aromatic heterocycles. The number of aromatic nitrogens is 3. The molecule has 0 saturated carbocycles. The molecule has 0 bridgehead atoms. The van der Waals surface area contributed by atoms with E-state index in [0.717, 1.165) is 5.56 Å². The molecule has 0 saturated heterocycles. The number of carbonyl (C=O) groups excluding carboxylic acids is 1. The number of nitrogens with one attached hydrogen (secondary N) is 2. The summed E-state index contributed by atoms with van der Waals surface area (Å²) in [5.41, 5.74) is 0.360. The number of aromatic hydroxyl groups is 1. The smallest absolute Gasteiger partial charge is 0.294 e. The van der Waals surface area contributed by atoms with Gasteiger partial charge < -0.3 is 15.4 Å². The molecule has 3 N–H and O–H groups in total. The van der Waals surface area contributed by atoms with Crippen LogP contribution in [0.5, 0.6) is 5.75 Å². The van der Waals surface area contributed by atoms with Crippen molar-refractivity contribution < 1.29 is 9.90 Å². The number of aromatic amines is 1. The highest BCUT2D eigenvalue weighted by molar-refractivity contribution is 5.95. The molecular weight excluding hydrogens is 320 g/mol. The third-order valence-corrected chi connectivity index (χ3v) is 3.56. The highest BCUT2D eigenvalue weighted by atomic mass is 16.3. The monoisotopic (exact) mass is 336 g/mol. The van der Waals surface area contributed by atoms with Crippen LogP contribution in [0.25, 0.3) is 11.5 Å². The average Bonchev–Trinajstić information content (AvgIpc) is 2.65. The Morgan fingerprint density at radius 1 is 1.12 bits per heavy atom. The lowest BCUT2D eigenvalue weighted by atomic mass is 10.1. The van der Waals surface area contributed by atoms with Gasteiger partial charge in [0.05, 0.1) is 0 Å². The second-order valence-corrected chi connectivity index (χ2v) is 5.32. The number of hydrogen-bond donors (Lipinski definition) is 3. The van der Waals surface area contributed by atoms with E-state index in [1.807, 2.05) is 30.3 Å². The number of benzene rings is 1. The van der Waals surface area contributed by atoms with Gasteiger partial charge in [-0.05, 0) is 24.1 Å². The molecule has 0 aliphatic rings. The van der Waals surface area contributed by atoms with Crippen molar-refractivity contribution in [3.05, 3.63) is 76.3 Å². The van der Waals surface area contributed by atoms with Crippen molar-refractivity contribution in [2.75, 3.05) is 6.54 Å². The van der Waals surface area contributed by atoms with Crippen molar-refractivity contribution >= 4 is 5.91 Å². The van der Waals surface area contributed by atoms with Gasteiger partial charge >= 0.3 is 0 Å². The maximum atomic E-state index is 12.3. The molecule has 3 rings (SSSR count). The van der Waals surface area contributed by atoms with Crippen molar-refractivity contribution in [1.29, 1.82) is 0 Å². The number of nitrogens with zero attached hydrogens (tertiary/aromatic N) is 2. The maximum Gasteiger partial charge on any atom is 0.294 e. The summed E-state index contributed by atoms with van der Waals surface area (Å²) < 4.78 is 0. The molecule has 2 heterocycles. The zero-order valence-corrected chi connectivity index (χ0v) is 13.3. The Kier molecular flexibility index (Phi) is 4.84. The van der Waals surface area contributed by atoms with Crippen LogP contribution >= 0.6 is 0 Å². The number of amides is 1. The molecule has 126 valence electrons. The Balaban J connectivity index is 1.77. The van der Waals surface area contributed by atoms with Gasteiger partial charge in [-0.15, -0.1) is 0 Å². The molecule has 0 fully saturated rings. The van der Waals surface area contributed by atoms with Crippen LogP contribution in [0.3, 0.4) is 0 Å². The van der Waals surface area contributed by atoms with Crippen molar-refractivity contribution in [1.82, 2.24) is 20.3 Å². The minimum atomic E-state index is -0.788. The fraction of sp³-hybridized carbons (Fsp3) is 0.111. The number of hydrogen-bond acceptors (Lipinski definition) is 5. The van der Waals surface area contributed by atoms with Crippen LogP contribution in [-0.4, -0.2) is 32.5 Å². The molecule has 7 nitrogen and oxygen atoms in total. The molecule has 25 heavy (non-hydrogen) atoms. The zero-order chi connectivity index (χ0) is 17.6. The Hall–Kier alpha value is -3.48. The zero-order valence-electron chi connectivity index (χ0n) is 13.3. The third-order valence-electron chi connectivity index (χ3n) is 3.56. The molecule has 1 aromatic carbocycles. The van der Waals surface area contributed by atoms with E-state index in [1.165, 1.54) is 0 Å². The lowest BCUT2D eigenvalue weighted by Crippen LogP contribution is -2.28. The van der Waals surface area contributed by atoms with Gasteiger partial charge in [0.25, 0.3) is 11.5 Å². The van der Waals surface area contributed by atoms with Crippen molar-refractivity contribution in [2.24, 2.45) is 0 Å². The number of H-pyrrole nitrogens is 1. The van der Waals surface area contributed by atoms with Gasteiger partial charge in [0.15, 0.2) is 11.5 Å². The average molecular weight is 336 g/mol. The largest absolute Gasteiger partial charge is 0.501 e. The molecule has 0 unspecified atom stereocenters. The van der Waals surface area contributed by atoms with E-state index < -0.39 is 17.2 Å². The van der Waals surface area contributed by atoms with Gasteiger partial charge in [0.1, 0.15) is 5.69 Å². The second kappa shape index (κ2) is 7.39. The first-order valence-electron chi connectivity index (χ1n) is 7.72. The van der Waals surface area contributed by atoms with Gasteiger partial charge in [-0.2, -0.15) is 0 Å². The molecule has 0 atom stereocenters. The molecule has 7 heteroatoms. The summed E-state index contributed by atoms with van der Waals surface area (Å²) in [6.07, 6.45) is 2.17. The molecule has 1 amide bonds. The summed E-state index contributed by atoms with van der Waals surface area (Å²) in [7, 11) is 0. The van der Waals surface area contributed by atoms with E-state index in [0.29, 0.717) is 18.7 Å². The quantitative estimate of drug-likeness (QED) is 0.654. The predicted molar refractivity (Wildman–Crippen MR) is 92.2 cm³/mol. The molecule has 3 aromatic rings. The Labute approximate surface area is 143 Å². The molecule has 0 aliphatic heterocycles. The van der Waals surface area contributed by atoms with E-state index in [1.54, 1.807) is 24.4 Å². The summed E-state index contributed by atoms with van der Waals surface area (Å²) in [4.78, 5) is 34.7. The number of rotatable bonds is 5. The normalized spacial score (nSPS) is 10.4. The van der Waals surface area contributed by atoms with Crippen molar-refractivity contribution in [2.45, 2.75) is 6.42 Å². The van der Waals surface area contributed by atoms with Crippen LogP contribution < -0.4 is 10.9 Å². The topological polar surface area (TPSA) is 108 Å². The fourth-order valence-corrected chi connectivity index (χ4v) is 2.30. The lowest BCUT2D eigenvalue weighted by Gasteiger charge is -2.07. The van der Waals surface area contributed by atoms with Gasteiger partial charge in [-0.3, -0.25) is 14.6 Å². The Bertz CT molecular complexity index is 924. The third kappa shape index (κ3) is 3.89. The predicted octanol–water partition coefficient (Wildman–Crippen LogP) is 1.51. The number of pyridine rings is 1. The van der Waals surface area contributed by atoms with Crippen LogP contribution in [0, 0.1) is 0 Å². The van der Waals surface area contributed by atoms with Crippen LogP contribution in [0.2, 0.25) is 0 Å². The van der Waals surface area contributed by atoms with Gasteiger partial charge in [0.2, 0.25) is 5.75 Å². The standard InChI is InChI=1S/C18H16N4O3/c23-15-14(17(24)20-11-9-12-6-2-1-3-7-12)21-16(22-18(15)25)13-8-4-5-10-19-13/h1-8,10,23H,9,11H2,(H,20,24)(H,21,22,25). The Morgan fingerprint density at radius 2 is 1.88 bits per heavy atom. The highest BCUT2D eigenvalue weighted by Crippen LogP contribution is 2.14. The summed E-state index contributed by atoms with van der Waals surface area (Å²) in [6, 6.07) is 14.8. The molecule has 0 aliphatic carbocycles. The maximum absolute atomic E-state index is 12.3. The fourth-order valence-electron chi connectivity index (χ4n) is 2.30. The van der Waals surface area contributed by atoms with Crippen molar-refractivity contribution in [3.63, 3.8) is 0 Å². The van der Waals surface area contributed by atoms with E-state index in [9.17, 15) is 14.7 Å². The van der Waals surface area contributed by atoms with Crippen LogP contribution in [-0.2, 0) is 6.42 Å². The minimum absolute atomic E-state index is 0.122. The summed E-state index contributed by atoms with van der Waals surface area (Å²) in [5.74, 6) is -1.20. The van der Waals surface area contributed by atoms with E-state index in [-0.39, 0.29) is 11.5 Å². The van der Waals surface area contributed by atoms with Crippen molar-refractivity contribution in [3.8, 4) is 17.3 Å². The van der Waals surface area contributed by atoms with Crippen LogP contribution in [0.15, 0.2) is 59.5 Å². The van der Waals surface area contributed by atoms with E-state index >= 15 is 0 Å². The van der Waals surface area contributed by atoms with Gasteiger partial charge in [0, 0.05) is 12.7 Å². The molecular formula is C18H16N4O3. The van der Waals surface area contributed by atoms with Crippen LogP contribution in [0.4, 0.5) is 0 Å². The summed E-state index contributed by atoms with van der Waals surface area (Å²) in [5, 5.41) is 12.5. The first-order valence-corrected chi connectivity index (χ1v) is 7.72.